The number of carbonyl (C=O) groups is 1. The van der Waals surface area contributed by atoms with Crippen molar-refractivity contribution in [3.63, 3.8) is 0 Å². The standard InChI is InChI=1S/C13H12BrN3O3/c14-6-9-2-1-3-10(4-9)7-16-13(18)12-5-11(8-15-12)17(19)20/h1-5,8,15H,6-7H2,(H,16,18). The van der Waals surface area contributed by atoms with E-state index in [4.69, 9.17) is 0 Å². The summed E-state index contributed by atoms with van der Waals surface area (Å²) < 4.78 is 0. The molecule has 0 saturated carbocycles. The highest BCUT2D eigenvalue weighted by Crippen LogP contribution is 2.12. The number of nitrogens with one attached hydrogen (secondary N) is 2. The Labute approximate surface area is 123 Å². The van der Waals surface area contributed by atoms with E-state index in [2.05, 4.69) is 26.2 Å². The number of amides is 1. The smallest absolute Gasteiger partial charge is 0.287 e. The molecule has 0 aliphatic rings. The van der Waals surface area contributed by atoms with Gasteiger partial charge in [-0.05, 0) is 11.1 Å². The second-order valence-electron chi connectivity index (χ2n) is 4.16. The SMILES string of the molecule is O=C(NCc1cccc(CBr)c1)c1cc([N+](=O)[O-])c[nH]1. The first-order valence-corrected chi connectivity index (χ1v) is 6.97. The number of benzene rings is 1. The van der Waals surface area contributed by atoms with Crippen molar-refractivity contribution in [1.82, 2.24) is 10.3 Å². The van der Waals surface area contributed by atoms with Gasteiger partial charge in [-0.25, -0.2) is 0 Å². The fourth-order valence-corrected chi connectivity index (χ4v) is 2.07. The highest BCUT2D eigenvalue weighted by Gasteiger charge is 2.13. The van der Waals surface area contributed by atoms with Gasteiger partial charge in [0.2, 0.25) is 0 Å². The van der Waals surface area contributed by atoms with E-state index in [9.17, 15) is 14.9 Å². The second-order valence-corrected chi connectivity index (χ2v) is 4.73. The van der Waals surface area contributed by atoms with Crippen molar-refractivity contribution in [3.05, 3.63) is 63.5 Å². The number of aromatic nitrogens is 1. The molecular formula is C13H12BrN3O3. The van der Waals surface area contributed by atoms with E-state index in [1.165, 1.54) is 12.3 Å². The molecule has 20 heavy (non-hydrogen) atoms. The highest BCUT2D eigenvalue weighted by molar-refractivity contribution is 9.08. The van der Waals surface area contributed by atoms with Crippen molar-refractivity contribution in [3.8, 4) is 0 Å². The molecule has 0 saturated heterocycles. The summed E-state index contributed by atoms with van der Waals surface area (Å²) in [5.74, 6) is -0.373. The number of rotatable bonds is 5. The summed E-state index contributed by atoms with van der Waals surface area (Å²) in [4.78, 5) is 24.4. The zero-order valence-corrected chi connectivity index (χ0v) is 12.0. The van der Waals surface area contributed by atoms with Crippen LogP contribution in [-0.4, -0.2) is 15.8 Å². The third-order valence-electron chi connectivity index (χ3n) is 2.72. The largest absolute Gasteiger partial charge is 0.351 e. The summed E-state index contributed by atoms with van der Waals surface area (Å²) in [6.07, 6.45) is 1.19. The topological polar surface area (TPSA) is 88.0 Å². The lowest BCUT2D eigenvalue weighted by molar-refractivity contribution is -0.384. The van der Waals surface area contributed by atoms with Crippen molar-refractivity contribution in [1.29, 1.82) is 0 Å². The van der Waals surface area contributed by atoms with Crippen LogP contribution in [0.4, 0.5) is 5.69 Å². The molecule has 0 atom stereocenters. The minimum absolute atomic E-state index is 0.128. The van der Waals surface area contributed by atoms with Crippen LogP contribution in [0.15, 0.2) is 36.5 Å². The summed E-state index contributed by atoms with van der Waals surface area (Å²) >= 11 is 3.37. The van der Waals surface area contributed by atoms with Crippen LogP contribution in [0.5, 0.6) is 0 Å². The number of nitrogens with zero attached hydrogens (tertiary/aromatic N) is 1. The van der Waals surface area contributed by atoms with Gasteiger partial charge < -0.3 is 10.3 Å². The molecule has 0 fully saturated rings. The van der Waals surface area contributed by atoms with Gasteiger partial charge in [-0.2, -0.15) is 0 Å². The Morgan fingerprint density at radius 2 is 2.10 bits per heavy atom. The molecule has 1 aromatic heterocycles. The third-order valence-corrected chi connectivity index (χ3v) is 3.37. The zero-order chi connectivity index (χ0) is 14.5. The molecule has 2 rings (SSSR count). The van der Waals surface area contributed by atoms with Crippen molar-refractivity contribution in [2.24, 2.45) is 0 Å². The van der Waals surface area contributed by atoms with Gasteiger partial charge in [-0.3, -0.25) is 14.9 Å². The highest BCUT2D eigenvalue weighted by atomic mass is 79.9. The van der Waals surface area contributed by atoms with E-state index in [0.717, 1.165) is 16.5 Å². The number of hydrogen-bond acceptors (Lipinski definition) is 3. The number of halogens is 1. The van der Waals surface area contributed by atoms with E-state index in [-0.39, 0.29) is 17.3 Å². The van der Waals surface area contributed by atoms with Gasteiger partial charge in [-0.15, -0.1) is 0 Å². The van der Waals surface area contributed by atoms with Crippen LogP contribution in [0.2, 0.25) is 0 Å². The fourth-order valence-electron chi connectivity index (χ4n) is 1.72. The number of nitro groups is 1. The molecule has 0 unspecified atom stereocenters. The lowest BCUT2D eigenvalue weighted by Crippen LogP contribution is -2.23. The van der Waals surface area contributed by atoms with Crippen LogP contribution >= 0.6 is 15.9 Å². The second kappa shape index (κ2) is 6.33. The number of hydrogen-bond donors (Lipinski definition) is 2. The molecule has 1 amide bonds. The first-order chi connectivity index (χ1) is 9.60. The summed E-state index contributed by atoms with van der Waals surface area (Å²) in [5, 5.41) is 14.0. The third kappa shape index (κ3) is 3.45. The van der Waals surface area contributed by atoms with Crippen LogP contribution in [-0.2, 0) is 11.9 Å². The Morgan fingerprint density at radius 1 is 1.35 bits per heavy atom. The summed E-state index contributed by atoms with van der Waals surface area (Å²) in [7, 11) is 0. The minimum Gasteiger partial charge on any atom is -0.351 e. The molecule has 2 N–H and O–H groups in total. The maximum absolute atomic E-state index is 11.8. The Kier molecular flexibility index (Phi) is 4.52. The summed E-state index contributed by atoms with van der Waals surface area (Å²) in [6, 6.07) is 8.99. The van der Waals surface area contributed by atoms with Gasteiger partial charge >= 0.3 is 0 Å². The van der Waals surface area contributed by atoms with Gasteiger partial charge in [0.25, 0.3) is 11.6 Å². The predicted molar refractivity (Wildman–Crippen MR) is 77.7 cm³/mol. The van der Waals surface area contributed by atoms with E-state index in [0.29, 0.717) is 6.54 Å². The lowest BCUT2D eigenvalue weighted by atomic mass is 10.1. The lowest BCUT2D eigenvalue weighted by Gasteiger charge is -2.05. The monoisotopic (exact) mass is 337 g/mol. The molecule has 6 nitrogen and oxygen atoms in total. The van der Waals surface area contributed by atoms with Crippen molar-refractivity contribution < 1.29 is 9.72 Å². The van der Waals surface area contributed by atoms with Crippen molar-refractivity contribution >= 4 is 27.5 Å². The normalized spacial score (nSPS) is 10.2. The molecule has 1 aromatic carbocycles. The number of H-pyrrole nitrogens is 1. The van der Waals surface area contributed by atoms with Crippen LogP contribution in [0.3, 0.4) is 0 Å². The predicted octanol–water partition coefficient (Wildman–Crippen LogP) is 2.75. The minimum atomic E-state index is -0.549. The average molecular weight is 338 g/mol. The molecule has 0 aliphatic heterocycles. The van der Waals surface area contributed by atoms with Crippen LogP contribution < -0.4 is 5.32 Å². The van der Waals surface area contributed by atoms with Gasteiger partial charge in [0.1, 0.15) is 5.69 Å². The van der Waals surface area contributed by atoms with E-state index < -0.39 is 4.92 Å². The summed E-state index contributed by atoms with van der Waals surface area (Å²) in [5.41, 5.74) is 2.13. The maximum atomic E-state index is 11.8. The molecule has 0 spiro atoms. The van der Waals surface area contributed by atoms with E-state index in [1.807, 2.05) is 24.3 Å². The molecule has 0 bridgehead atoms. The number of alkyl halides is 1. The summed E-state index contributed by atoms with van der Waals surface area (Å²) in [6.45, 7) is 0.368. The fraction of sp³-hybridized carbons (Fsp3) is 0.154. The molecule has 0 aliphatic carbocycles. The first-order valence-electron chi connectivity index (χ1n) is 5.85. The van der Waals surface area contributed by atoms with Gasteiger partial charge in [0.15, 0.2) is 0 Å². The first kappa shape index (κ1) is 14.3. The quantitative estimate of drug-likeness (QED) is 0.499. The Hall–Kier alpha value is -2.15. The molecule has 104 valence electrons. The average Bonchev–Trinajstić information content (AvgIpc) is 2.95. The van der Waals surface area contributed by atoms with Gasteiger partial charge in [0, 0.05) is 17.9 Å². The van der Waals surface area contributed by atoms with Crippen molar-refractivity contribution in [2.45, 2.75) is 11.9 Å². The van der Waals surface area contributed by atoms with Crippen molar-refractivity contribution in [2.75, 3.05) is 0 Å². The van der Waals surface area contributed by atoms with Crippen LogP contribution in [0.25, 0.3) is 0 Å². The zero-order valence-electron chi connectivity index (χ0n) is 10.4. The van der Waals surface area contributed by atoms with E-state index >= 15 is 0 Å². The molecule has 1 heterocycles. The molecular weight excluding hydrogens is 326 g/mol. The van der Waals surface area contributed by atoms with Gasteiger partial charge in [-0.1, -0.05) is 40.2 Å². The molecule has 7 heteroatoms. The van der Waals surface area contributed by atoms with E-state index in [1.54, 1.807) is 0 Å². The maximum Gasteiger partial charge on any atom is 0.287 e. The Morgan fingerprint density at radius 3 is 2.75 bits per heavy atom. The Balaban J connectivity index is 1.98. The van der Waals surface area contributed by atoms with Gasteiger partial charge in [0.05, 0.1) is 11.1 Å². The van der Waals surface area contributed by atoms with Crippen LogP contribution in [0.1, 0.15) is 21.6 Å². The number of aromatic amines is 1. The Bertz CT molecular complexity index is 639. The van der Waals surface area contributed by atoms with Crippen LogP contribution in [0, 0.1) is 10.1 Å². The molecule has 0 radical (unpaired) electrons. The molecule has 2 aromatic rings. The number of carbonyl (C=O) groups excluding carboxylic acids is 1.